The lowest BCUT2D eigenvalue weighted by Gasteiger charge is -2.28. The minimum absolute atomic E-state index is 0.199. The van der Waals surface area contributed by atoms with E-state index in [2.05, 4.69) is 34.0 Å². The van der Waals surface area contributed by atoms with Crippen molar-refractivity contribution in [2.45, 2.75) is 26.8 Å². The van der Waals surface area contributed by atoms with Crippen molar-refractivity contribution < 1.29 is 0 Å². The van der Waals surface area contributed by atoms with E-state index in [1.807, 2.05) is 38.2 Å². The molecule has 2 aromatic rings. The smallest absolute Gasteiger partial charge is 0.137 e. The van der Waals surface area contributed by atoms with E-state index >= 15 is 0 Å². The van der Waals surface area contributed by atoms with Gasteiger partial charge in [-0.1, -0.05) is 23.7 Å². The number of hydrogen-bond donors (Lipinski definition) is 1. The molecule has 0 aliphatic carbocycles. The Kier molecular flexibility index (Phi) is 5.02. The minimum atomic E-state index is 0.199. The van der Waals surface area contributed by atoms with Gasteiger partial charge in [0.15, 0.2) is 0 Å². The fourth-order valence-electron chi connectivity index (χ4n) is 2.29. The maximum Gasteiger partial charge on any atom is 0.137 e. The van der Waals surface area contributed by atoms with Crippen LogP contribution in [0.25, 0.3) is 0 Å². The number of aromatic nitrogens is 2. The van der Waals surface area contributed by atoms with Gasteiger partial charge in [-0.3, -0.25) is 0 Å². The van der Waals surface area contributed by atoms with Crippen molar-refractivity contribution in [1.29, 1.82) is 0 Å². The van der Waals surface area contributed by atoms with Crippen LogP contribution >= 0.6 is 11.6 Å². The van der Waals surface area contributed by atoms with Gasteiger partial charge in [-0.2, -0.15) is 0 Å². The Morgan fingerprint density at radius 1 is 1.24 bits per heavy atom. The lowest BCUT2D eigenvalue weighted by molar-refractivity contribution is 0.724. The second-order valence-corrected chi connectivity index (χ2v) is 5.48. The number of anilines is 2. The molecule has 1 heterocycles. The molecule has 0 fully saturated rings. The quantitative estimate of drug-likeness (QED) is 0.904. The number of nitrogens with one attached hydrogen (secondary N) is 1. The van der Waals surface area contributed by atoms with Crippen LogP contribution < -0.4 is 10.2 Å². The molecule has 0 saturated heterocycles. The summed E-state index contributed by atoms with van der Waals surface area (Å²) in [5.74, 6) is 1.82. The van der Waals surface area contributed by atoms with Gasteiger partial charge in [-0.25, -0.2) is 9.97 Å². The first kappa shape index (κ1) is 15.6. The van der Waals surface area contributed by atoms with E-state index in [0.29, 0.717) is 0 Å². The van der Waals surface area contributed by atoms with Gasteiger partial charge in [0.2, 0.25) is 0 Å². The Balaban J connectivity index is 2.28. The molecule has 1 aromatic carbocycles. The molecular weight excluding hydrogens is 284 g/mol. The molecule has 1 aromatic heterocycles. The highest BCUT2D eigenvalue weighted by Gasteiger charge is 2.17. The van der Waals surface area contributed by atoms with Gasteiger partial charge in [0.1, 0.15) is 18.0 Å². The molecule has 0 bridgehead atoms. The molecule has 0 spiro atoms. The van der Waals surface area contributed by atoms with Crippen LogP contribution in [-0.4, -0.2) is 23.6 Å². The zero-order valence-corrected chi connectivity index (χ0v) is 13.6. The molecule has 1 N–H and O–H groups in total. The second-order valence-electron chi connectivity index (χ2n) is 5.04. The summed E-state index contributed by atoms with van der Waals surface area (Å²) in [5, 5.41) is 4.01. The third-order valence-corrected chi connectivity index (χ3v) is 3.92. The zero-order valence-electron chi connectivity index (χ0n) is 12.9. The molecule has 1 atom stereocenters. The van der Waals surface area contributed by atoms with E-state index < -0.39 is 0 Å². The maximum atomic E-state index is 5.95. The Bertz CT molecular complexity index is 598. The first-order valence-electron chi connectivity index (χ1n) is 7.08. The Morgan fingerprint density at radius 3 is 2.52 bits per heavy atom. The van der Waals surface area contributed by atoms with Crippen LogP contribution in [0.2, 0.25) is 5.02 Å². The van der Waals surface area contributed by atoms with Crippen LogP contribution in [0, 0.1) is 6.92 Å². The van der Waals surface area contributed by atoms with Gasteiger partial charge in [0.25, 0.3) is 0 Å². The zero-order chi connectivity index (χ0) is 15.4. The number of rotatable bonds is 5. The van der Waals surface area contributed by atoms with Crippen molar-refractivity contribution >= 4 is 23.2 Å². The fraction of sp³-hybridized carbons (Fsp3) is 0.375. The summed E-state index contributed by atoms with van der Waals surface area (Å²) in [4.78, 5) is 10.9. The average Bonchev–Trinajstić information content (AvgIpc) is 2.49. The summed E-state index contributed by atoms with van der Waals surface area (Å²) in [7, 11) is 2.05. The van der Waals surface area contributed by atoms with E-state index in [1.54, 1.807) is 6.33 Å². The Hall–Kier alpha value is -1.81. The largest absolute Gasteiger partial charge is 0.370 e. The van der Waals surface area contributed by atoms with Gasteiger partial charge in [0, 0.05) is 24.2 Å². The van der Waals surface area contributed by atoms with Crippen molar-refractivity contribution in [3.63, 3.8) is 0 Å². The normalized spacial score (nSPS) is 12.0. The molecule has 1 unspecified atom stereocenters. The summed E-state index contributed by atoms with van der Waals surface area (Å²) in [6.07, 6.45) is 1.60. The van der Waals surface area contributed by atoms with Gasteiger partial charge in [-0.05, 0) is 38.5 Å². The molecule has 4 nitrogen and oxygen atoms in total. The fourth-order valence-corrected chi connectivity index (χ4v) is 2.42. The number of hydrogen-bond acceptors (Lipinski definition) is 4. The predicted octanol–water partition coefficient (Wildman–Crippen LogP) is 4.07. The second kappa shape index (κ2) is 6.76. The Morgan fingerprint density at radius 2 is 1.90 bits per heavy atom. The first-order valence-corrected chi connectivity index (χ1v) is 7.46. The molecule has 0 amide bonds. The van der Waals surface area contributed by atoms with Crippen molar-refractivity contribution in [3.05, 3.63) is 46.7 Å². The van der Waals surface area contributed by atoms with E-state index in [4.69, 9.17) is 11.6 Å². The molecule has 21 heavy (non-hydrogen) atoms. The van der Waals surface area contributed by atoms with Gasteiger partial charge in [-0.15, -0.1) is 0 Å². The van der Waals surface area contributed by atoms with Crippen LogP contribution in [0.4, 0.5) is 11.6 Å². The van der Waals surface area contributed by atoms with Crippen molar-refractivity contribution in [2.24, 2.45) is 0 Å². The molecule has 0 saturated carbocycles. The monoisotopic (exact) mass is 304 g/mol. The van der Waals surface area contributed by atoms with Crippen LogP contribution in [0.5, 0.6) is 0 Å². The van der Waals surface area contributed by atoms with Crippen LogP contribution in [0.3, 0.4) is 0 Å². The van der Waals surface area contributed by atoms with Crippen LogP contribution in [-0.2, 0) is 0 Å². The highest BCUT2D eigenvalue weighted by atomic mass is 35.5. The first-order chi connectivity index (χ1) is 10.0. The molecule has 5 heteroatoms. The number of halogens is 1. The molecule has 0 aliphatic rings. The molecule has 0 aliphatic heterocycles. The highest BCUT2D eigenvalue weighted by molar-refractivity contribution is 6.30. The SMILES string of the molecule is CCNc1ncnc(N(C)C(C)c2ccc(Cl)cc2)c1C. The summed E-state index contributed by atoms with van der Waals surface area (Å²) < 4.78 is 0. The van der Waals surface area contributed by atoms with Crippen LogP contribution in [0.1, 0.15) is 31.0 Å². The summed E-state index contributed by atoms with van der Waals surface area (Å²) in [6.45, 7) is 7.09. The topological polar surface area (TPSA) is 41.1 Å². The van der Waals surface area contributed by atoms with E-state index in [1.165, 1.54) is 5.56 Å². The molecule has 0 radical (unpaired) electrons. The van der Waals surface area contributed by atoms with E-state index in [-0.39, 0.29) is 6.04 Å². The average molecular weight is 305 g/mol. The third-order valence-electron chi connectivity index (χ3n) is 3.67. The van der Waals surface area contributed by atoms with Crippen molar-refractivity contribution in [2.75, 3.05) is 23.8 Å². The van der Waals surface area contributed by atoms with E-state index in [9.17, 15) is 0 Å². The Labute approximate surface area is 131 Å². The standard InChI is InChI=1S/C16H21ClN4/c1-5-18-15-11(2)16(20-10-19-15)21(4)12(3)13-6-8-14(17)9-7-13/h6-10,12H,5H2,1-4H3,(H,18,19,20). The minimum Gasteiger partial charge on any atom is -0.370 e. The number of nitrogens with zero attached hydrogens (tertiary/aromatic N) is 3. The van der Waals surface area contributed by atoms with Crippen LogP contribution in [0.15, 0.2) is 30.6 Å². The van der Waals surface area contributed by atoms with E-state index in [0.717, 1.165) is 28.8 Å². The summed E-state index contributed by atoms with van der Waals surface area (Å²) >= 11 is 5.95. The third kappa shape index (κ3) is 3.45. The lowest BCUT2D eigenvalue weighted by atomic mass is 10.1. The van der Waals surface area contributed by atoms with Gasteiger partial charge < -0.3 is 10.2 Å². The lowest BCUT2D eigenvalue weighted by Crippen LogP contribution is -2.24. The predicted molar refractivity (Wildman–Crippen MR) is 89.2 cm³/mol. The molecule has 2 rings (SSSR count). The molecular formula is C16H21ClN4. The summed E-state index contributed by atoms with van der Waals surface area (Å²) in [6, 6.07) is 8.12. The maximum absolute atomic E-state index is 5.95. The highest BCUT2D eigenvalue weighted by Crippen LogP contribution is 2.29. The van der Waals surface area contributed by atoms with Gasteiger partial charge in [0.05, 0.1) is 6.04 Å². The summed E-state index contributed by atoms with van der Waals surface area (Å²) in [5.41, 5.74) is 2.26. The van der Waals surface area contributed by atoms with Crippen molar-refractivity contribution in [1.82, 2.24) is 9.97 Å². The van der Waals surface area contributed by atoms with Crippen molar-refractivity contribution in [3.8, 4) is 0 Å². The molecule has 112 valence electrons. The van der Waals surface area contributed by atoms with Gasteiger partial charge >= 0.3 is 0 Å². The number of benzene rings is 1.